The second-order valence-corrected chi connectivity index (χ2v) is 7.10. The molecule has 0 unspecified atom stereocenters. The minimum absolute atomic E-state index is 0.0161. The highest BCUT2D eigenvalue weighted by Crippen LogP contribution is 2.32. The third kappa shape index (κ3) is 4.04. The van der Waals surface area contributed by atoms with Crippen LogP contribution in [-0.4, -0.2) is 34.0 Å². The van der Waals surface area contributed by atoms with Crippen LogP contribution in [0.4, 0.5) is 17.2 Å². The van der Waals surface area contributed by atoms with Crippen molar-refractivity contribution in [3.8, 4) is 0 Å². The summed E-state index contributed by atoms with van der Waals surface area (Å²) in [6, 6.07) is 5.24. The van der Waals surface area contributed by atoms with Crippen molar-refractivity contribution in [1.82, 2.24) is 9.97 Å². The number of aryl methyl sites for hydroxylation is 3. The van der Waals surface area contributed by atoms with Crippen LogP contribution in [0.5, 0.6) is 0 Å². The zero-order valence-electron chi connectivity index (χ0n) is 15.1. The van der Waals surface area contributed by atoms with E-state index in [9.17, 15) is 10.1 Å². The predicted octanol–water partition coefficient (Wildman–Crippen LogP) is 4.04. The number of aromatic nitrogens is 2. The average molecular weight is 376 g/mol. The topological polar surface area (TPSA) is 84.2 Å². The van der Waals surface area contributed by atoms with Gasteiger partial charge in [0.05, 0.1) is 15.6 Å². The van der Waals surface area contributed by atoms with Crippen LogP contribution in [0.3, 0.4) is 0 Å². The molecule has 138 valence electrons. The maximum absolute atomic E-state index is 10.9. The molecule has 3 rings (SSSR count). The van der Waals surface area contributed by atoms with Crippen LogP contribution in [0.15, 0.2) is 18.2 Å². The molecule has 0 amide bonds. The first-order valence-corrected chi connectivity index (χ1v) is 8.99. The van der Waals surface area contributed by atoms with Crippen molar-refractivity contribution in [2.75, 3.05) is 23.3 Å². The Morgan fingerprint density at radius 3 is 2.46 bits per heavy atom. The van der Waals surface area contributed by atoms with Crippen molar-refractivity contribution < 1.29 is 4.92 Å². The molecule has 1 N–H and O–H groups in total. The van der Waals surface area contributed by atoms with Crippen LogP contribution in [0.1, 0.15) is 29.9 Å². The number of rotatable bonds is 4. The molecular weight excluding hydrogens is 354 g/mol. The van der Waals surface area contributed by atoms with Crippen LogP contribution in [0.2, 0.25) is 5.02 Å². The van der Waals surface area contributed by atoms with Gasteiger partial charge in [0, 0.05) is 43.0 Å². The van der Waals surface area contributed by atoms with E-state index in [2.05, 4.69) is 20.2 Å². The van der Waals surface area contributed by atoms with E-state index >= 15 is 0 Å². The molecule has 1 aliphatic heterocycles. The molecule has 0 aliphatic carbocycles. The first-order chi connectivity index (χ1) is 12.3. The molecule has 1 saturated heterocycles. The maximum Gasteiger partial charge on any atom is 0.271 e. The minimum atomic E-state index is -0.424. The highest BCUT2D eigenvalue weighted by Gasteiger charge is 2.22. The molecule has 0 radical (unpaired) electrons. The zero-order valence-corrected chi connectivity index (χ0v) is 15.9. The number of hydrogen-bond donors (Lipinski definition) is 1. The summed E-state index contributed by atoms with van der Waals surface area (Å²) < 4.78 is 0. The fourth-order valence-corrected chi connectivity index (χ4v) is 3.65. The lowest BCUT2D eigenvalue weighted by Crippen LogP contribution is -2.39. The fraction of sp³-hybridized carbons (Fsp3) is 0.444. The van der Waals surface area contributed by atoms with E-state index in [1.54, 1.807) is 6.07 Å². The van der Waals surface area contributed by atoms with Gasteiger partial charge in [-0.2, -0.15) is 0 Å². The lowest BCUT2D eigenvalue weighted by Gasteiger charge is -2.34. The summed E-state index contributed by atoms with van der Waals surface area (Å²) >= 11 is 6.26. The molecule has 0 atom stereocenters. The Morgan fingerprint density at radius 1 is 1.19 bits per heavy atom. The molecule has 1 fully saturated rings. The molecule has 7 nitrogen and oxygen atoms in total. The van der Waals surface area contributed by atoms with E-state index in [1.807, 2.05) is 26.8 Å². The van der Waals surface area contributed by atoms with Gasteiger partial charge in [-0.05, 0) is 39.2 Å². The Morgan fingerprint density at radius 2 is 1.88 bits per heavy atom. The summed E-state index contributed by atoms with van der Waals surface area (Å²) in [7, 11) is 0. The lowest BCUT2D eigenvalue weighted by atomic mass is 10.0. The number of anilines is 2. The second kappa shape index (κ2) is 7.45. The van der Waals surface area contributed by atoms with Crippen molar-refractivity contribution in [2.45, 2.75) is 39.7 Å². The van der Waals surface area contributed by atoms with Crippen molar-refractivity contribution >= 4 is 28.8 Å². The van der Waals surface area contributed by atoms with E-state index < -0.39 is 4.92 Å². The number of hydrogen-bond acceptors (Lipinski definition) is 6. The van der Waals surface area contributed by atoms with E-state index in [0.29, 0.717) is 5.02 Å². The molecule has 1 aliphatic rings. The number of benzene rings is 1. The van der Waals surface area contributed by atoms with Crippen LogP contribution >= 0.6 is 11.6 Å². The van der Waals surface area contributed by atoms with Crippen molar-refractivity contribution in [2.24, 2.45) is 0 Å². The van der Waals surface area contributed by atoms with Gasteiger partial charge >= 0.3 is 0 Å². The van der Waals surface area contributed by atoms with Gasteiger partial charge in [-0.15, -0.1) is 0 Å². The van der Waals surface area contributed by atoms with Crippen molar-refractivity contribution in [1.29, 1.82) is 0 Å². The second-order valence-electron chi connectivity index (χ2n) is 6.70. The summed E-state index contributed by atoms with van der Waals surface area (Å²) in [5, 5.41) is 14.8. The van der Waals surface area contributed by atoms with Crippen LogP contribution in [-0.2, 0) is 0 Å². The molecule has 1 aromatic heterocycles. The summed E-state index contributed by atoms with van der Waals surface area (Å²) in [5.74, 6) is 1.76. The normalized spacial score (nSPS) is 15.2. The third-order valence-corrected chi connectivity index (χ3v) is 4.90. The van der Waals surface area contributed by atoms with Crippen LogP contribution in [0.25, 0.3) is 0 Å². The van der Waals surface area contributed by atoms with Gasteiger partial charge in [0.25, 0.3) is 5.69 Å². The monoisotopic (exact) mass is 375 g/mol. The Hall–Kier alpha value is -2.41. The quantitative estimate of drug-likeness (QED) is 0.641. The van der Waals surface area contributed by atoms with Crippen LogP contribution in [0, 0.1) is 30.9 Å². The molecule has 1 aromatic carbocycles. The summed E-state index contributed by atoms with van der Waals surface area (Å²) in [6.45, 7) is 7.49. The maximum atomic E-state index is 10.9. The first kappa shape index (κ1) is 18.4. The highest BCUT2D eigenvalue weighted by molar-refractivity contribution is 6.33. The molecule has 2 aromatic rings. The molecule has 26 heavy (non-hydrogen) atoms. The molecule has 0 saturated carbocycles. The van der Waals surface area contributed by atoms with Crippen molar-refractivity contribution in [3.05, 3.63) is 50.4 Å². The number of non-ortho nitro benzene ring substituents is 1. The van der Waals surface area contributed by atoms with E-state index in [1.165, 1.54) is 6.07 Å². The Kier molecular flexibility index (Phi) is 5.27. The summed E-state index contributed by atoms with van der Waals surface area (Å²) in [6.07, 6.45) is 1.88. The van der Waals surface area contributed by atoms with Crippen molar-refractivity contribution in [3.63, 3.8) is 0 Å². The van der Waals surface area contributed by atoms with Gasteiger partial charge in [-0.1, -0.05) is 11.6 Å². The van der Waals surface area contributed by atoms with Gasteiger partial charge in [0.1, 0.15) is 11.6 Å². The Labute approximate surface area is 157 Å². The number of nitrogens with one attached hydrogen (secondary N) is 1. The number of nitro benzene ring substituents is 1. The van der Waals surface area contributed by atoms with Gasteiger partial charge in [-0.3, -0.25) is 10.1 Å². The predicted molar refractivity (Wildman–Crippen MR) is 103 cm³/mol. The molecular formula is C18H22ClN5O2. The van der Waals surface area contributed by atoms with E-state index in [-0.39, 0.29) is 11.7 Å². The van der Waals surface area contributed by atoms with Gasteiger partial charge in [0.15, 0.2) is 0 Å². The first-order valence-electron chi connectivity index (χ1n) is 8.62. The number of halogens is 1. The van der Waals surface area contributed by atoms with Gasteiger partial charge in [-0.25, -0.2) is 9.97 Å². The van der Waals surface area contributed by atoms with Gasteiger partial charge in [0.2, 0.25) is 0 Å². The zero-order chi connectivity index (χ0) is 18.8. The number of piperidine rings is 1. The van der Waals surface area contributed by atoms with Gasteiger partial charge < -0.3 is 10.2 Å². The fourth-order valence-electron chi connectivity index (χ4n) is 3.33. The molecule has 2 heterocycles. The van der Waals surface area contributed by atoms with Crippen LogP contribution < -0.4 is 10.2 Å². The average Bonchev–Trinajstić information content (AvgIpc) is 2.57. The summed E-state index contributed by atoms with van der Waals surface area (Å²) in [5.41, 5.74) is 2.56. The number of nitro groups is 1. The molecule has 0 spiro atoms. The standard InChI is InChI=1S/C18H22ClN5O2/c1-11-8-15(24(25)26)10-16(19)18(11)22-14-4-6-23(7-5-14)17-9-12(2)20-13(3)21-17/h8-10,14,22H,4-7H2,1-3H3. The smallest absolute Gasteiger partial charge is 0.271 e. The van der Waals surface area contributed by atoms with E-state index in [4.69, 9.17) is 11.6 Å². The SMILES string of the molecule is Cc1cc(N2CCC(Nc3c(C)cc([N+](=O)[O-])cc3Cl)CC2)nc(C)n1. The third-order valence-electron chi connectivity index (χ3n) is 4.60. The molecule has 8 heteroatoms. The number of nitrogens with zero attached hydrogens (tertiary/aromatic N) is 4. The highest BCUT2D eigenvalue weighted by atomic mass is 35.5. The Balaban J connectivity index is 1.67. The lowest BCUT2D eigenvalue weighted by molar-refractivity contribution is -0.384. The van der Waals surface area contributed by atoms with E-state index in [0.717, 1.165) is 54.5 Å². The Bertz CT molecular complexity index is 791. The summed E-state index contributed by atoms with van der Waals surface area (Å²) in [4.78, 5) is 21.6. The largest absolute Gasteiger partial charge is 0.381 e. The molecule has 0 bridgehead atoms. The minimum Gasteiger partial charge on any atom is -0.381 e.